The number of aryl methyl sites for hydroxylation is 1. The maximum absolute atomic E-state index is 13.1. The number of nitrogen functional groups attached to an aromatic ring is 1. The fraction of sp³-hybridized carbons (Fsp3) is 0.0714. The molecule has 0 aliphatic heterocycles. The molecular weight excluding hydrogens is 525 g/mol. The molecule has 6 aromatic rings. The van der Waals surface area contributed by atoms with Gasteiger partial charge in [-0.25, -0.2) is 9.78 Å². The third kappa shape index (κ3) is 4.15. The van der Waals surface area contributed by atoms with Gasteiger partial charge < -0.3 is 15.5 Å². The van der Waals surface area contributed by atoms with Gasteiger partial charge in [-0.15, -0.1) is 0 Å². The van der Waals surface area contributed by atoms with Crippen LogP contribution in [0, 0.1) is 6.92 Å². The standard InChI is InChI=1S/C28H19F3N6O3/c1-14-19-11-10-15(26(38)33-17-7-5-6-16(13-17)28(29,30)31)12-20(19)40-24(14)23-21-22(27(39)35-34-25(21)32)36-37(23)18-8-3-2-4-9-18/h2-13H,1H3,(H2,32,34)(H,33,38)(H,35,39). The Bertz CT molecular complexity index is 1990. The summed E-state index contributed by atoms with van der Waals surface area (Å²) >= 11 is 0. The number of hydrogen-bond acceptors (Lipinski definition) is 6. The number of amides is 1. The second-order valence-corrected chi connectivity index (χ2v) is 9.06. The summed E-state index contributed by atoms with van der Waals surface area (Å²) in [6.45, 7) is 1.81. The molecule has 0 fully saturated rings. The molecule has 3 aromatic carbocycles. The van der Waals surface area contributed by atoms with Gasteiger partial charge in [0.1, 0.15) is 11.3 Å². The topological polar surface area (TPSA) is 132 Å². The van der Waals surface area contributed by atoms with Crippen LogP contribution < -0.4 is 16.6 Å². The first-order valence-electron chi connectivity index (χ1n) is 12.0. The number of nitrogens with two attached hydrogens (primary N) is 1. The van der Waals surface area contributed by atoms with Crippen molar-refractivity contribution in [3.63, 3.8) is 0 Å². The van der Waals surface area contributed by atoms with Crippen LogP contribution in [0.15, 0.2) is 82.0 Å². The van der Waals surface area contributed by atoms with E-state index < -0.39 is 23.2 Å². The smallest absolute Gasteiger partial charge is 0.416 e. The number of para-hydroxylation sites is 1. The molecule has 0 radical (unpaired) electrons. The highest BCUT2D eigenvalue weighted by molar-refractivity contribution is 6.07. The van der Waals surface area contributed by atoms with E-state index in [1.165, 1.54) is 18.2 Å². The summed E-state index contributed by atoms with van der Waals surface area (Å²) < 4.78 is 47.0. The van der Waals surface area contributed by atoms with Crippen molar-refractivity contribution in [1.29, 1.82) is 0 Å². The lowest BCUT2D eigenvalue weighted by Gasteiger charge is -2.10. The summed E-state index contributed by atoms with van der Waals surface area (Å²) in [4.78, 5) is 25.5. The Morgan fingerprint density at radius 2 is 1.82 bits per heavy atom. The van der Waals surface area contributed by atoms with Gasteiger partial charge in [-0.2, -0.15) is 23.4 Å². The first-order valence-corrected chi connectivity index (χ1v) is 12.0. The molecule has 6 rings (SSSR count). The number of aromatic amines is 1. The van der Waals surface area contributed by atoms with Crippen LogP contribution in [0.2, 0.25) is 0 Å². The van der Waals surface area contributed by atoms with Gasteiger partial charge in [0.2, 0.25) is 0 Å². The van der Waals surface area contributed by atoms with Crippen LogP contribution in [0.1, 0.15) is 21.5 Å². The molecule has 0 bridgehead atoms. The van der Waals surface area contributed by atoms with Crippen molar-refractivity contribution >= 4 is 39.3 Å². The summed E-state index contributed by atoms with van der Waals surface area (Å²) in [5, 5.41) is 14.2. The quantitative estimate of drug-likeness (QED) is 0.262. The molecule has 40 heavy (non-hydrogen) atoms. The van der Waals surface area contributed by atoms with E-state index >= 15 is 0 Å². The number of carbonyl (C=O) groups is 1. The number of furan rings is 1. The lowest BCUT2D eigenvalue weighted by Crippen LogP contribution is -2.13. The highest BCUT2D eigenvalue weighted by Gasteiger charge is 2.30. The zero-order valence-electron chi connectivity index (χ0n) is 20.7. The van der Waals surface area contributed by atoms with Gasteiger partial charge in [-0.1, -0.05) is 30.3 Å². The molecule has 12 heteroatoms. The molecule has 3 aromatic heterocycles. The number of nitrogens with one attached hydrogen (secondary N) is 2. The van der Waals surface area contributed by atoms with Crippen LogP contribution >= 0.6 is 0 Å². The second-order valence-electron chi connectivity index (χ2n) is 9.06. The summed E-state index contributed by atoms with van der Waals surface area (Å²) in [5.41, 5.74) is 7.11. The molecular formula is C28H19F3N6O3. The Balaban J connectivity index is 1.46. The number of hydrogen-bond donors (Lipinski definition) is 3. The predicted molar refractivity (Wildman–Crippen MR) is 143 cm³/mol. The van der Waals surface area contributed by atoms with Crippen molar-refractivity contribution in [1.82, 2.24) is 20.0 Å². The minimum absolute atomic E-state index is 0.00247. The molecule has 0 saturated heterocycles. The van der Waals surface area contributed by atoms with Gasteiger partial charge in [-0.05, 0) is 49.4 Å². The number of rotatable bonds is 4. The third-order valence-corrected chi connectivity index (χ3v) is 6.50. The largest absolute Gasteiger partial charge is 0.454 e. The molecule has 0 aliphatic rings. The fourth-order valence-corrected chi connectivity index (χ4v) is 4.57. The van der Waals surface area contributed by atoms with E-state index in [1.807, 2.05) is 25.1 Å². The van der Waals surface area contributed by atoms with Crippen LogP contribution in [0.5, 0.6) is 0 Å². The normalized spacial score (nSPS) is 11.8. The number of anilines is 2. The second kappa shape index (κ2) is 9.12. The van der Waals surface area contributed by atoms with Crippen LogP contribution in [0.4, 0.5) is 24.7 Å². The Morgan fingerprint density at radius 3 is 2.58 bits per heavy atom. The summed E-state index contributed by atoms with van der Waals surface area (Å²) in [5.74, 6) is -0.208. The number of H-pyrrole nitrogens is 1. The molecule has 3 heterocycles. The van der Waals surface area contributed by atoms with Crippen molar-refractivity contribution < 1.29 is 22.4 Å². The van der Waals surface area contributed by atoms with Crippen LogP contribution in [-0.2, 0) is 6.18 Å². The number of aromatic nitrogens is 4. The van der Waals surface area contributed by atoms with E-state index in [-0.39, 0.29) is 22.6 Å². The zero-order chi connectivity index (χ0) is 28.2. The number of benzene rings is 3. The molecule has 9 nitrogen and oxygen atoms in total. The fourth-order valence-electron chi connectivity index (χ4n) is 4.57. The zero-order valence-corrected chi connectivity index (χ0v) is 20.7. The highest BCUT2D eigenvalue weighted by atomic mass is 19.4. The Hall–Kier alpha value is -5.39. The molecule has 4 N–H and O–H groups in total. The number of nitrogens with zero attached hydrogens (tertiary/aromatic N) is 3. The number of halogens is 3. The van der Waals surface area contributed by atoms with Gasteiger partial charge in [0.05, 0.1) is 16.6 Å². The Morgan fingerprint density at radius 1 is 1.05 bits per heavy atom. The lowest BCUT2D eigenvalue weighted by molar-refractivity contribution is -0.137. The Labute approximate surface area is 223 Å². The minimum atomic E-state index is -4.54. The van der Waals surface area contributed by atoms with Gasteiger partial charge in [0, 0.05) is 22.2 Å². The summed E-state index contributed by atoms with van der Waals surface area (Å²) in [6, 6.07) is 18.2. The molecule has 0 atom stereocenters. The van der Waals surface area contributed by atoms with E-state index in [2.05, 4.69) is 20.6 Å². The number of alkyl halides is 3. The van der Waals surface area contributed by atoms with E-state index in [0.717, 1.165) is 12.1 Å². The van der Waals surface area contributed by atoms with Gasteiger partial charge >= 0.3 is 6.18 Å². The minimum Gasteiger partial charge on any atom is -0.454 e. The van der Waals surface area contributed by atoms with Crippen molar-refractivity contribution in [2.24, 2.45) is 0 Å². The van der Waals surface area contributed by atoms with Gasteiger partial charge in [0.15, 0.2) is 17.1 Å². The first kappa shape index (κ1) is 24.9. The van der Waals surface area contributed by atoms with Crippen LogP contribution in [0.3, 0.4) is 0 Å². The third-order valence-electron chi connectivity index (χ3n) is 6.50. The predicted octanol–water partition coefficient (Wildman–Crippen LogP) is 5.68. The average Bonchev–Trinajstić information content (AvgIpc) is 3.49. The molecule has 0 unspecified atom stereocenters. The average molecular weight is 544 g/mol. The van der Waals surface area contributed by atoms with Crippen LogP contribution in [-0.4, -0.2) is 25.9 Å². The molecule has 0 saturated carbocycles. The number of carbonyl (C=O) groups excluding carboxylic acids is 1. The van der Waals surface area contributed by atoms with Gasteiger partial charge in [-0.3, -0.25) is 9.59 Å². The maximum Gasteiger partial charge on any atom is 0.416 e. The monoisotopic (exact) mass is 544 g/mol. The van der Waals surface area contributed by atoms with E-state index in [4.69, 9.17) is 10.2 Å². The van der Waals surface area contributed by atoms with Crippen molar-refractivity contribution in [3.05, 3.63) is 99.8 Å². The molecule has 200 valence electrons. The number of fused-ring (bicyclic) bond motifs is 2. The van der Waals surface area contributed by atoms with Crippen LogP contribution in [0.25, 0.3) is 39.0 Å². The SMILES string of the molecule is Cc1c(-c2c3c(N)n[nH]c(=O)c3nn2-c2ccccc2)oc2cc(C(=O)Nc3cccc(C(F)(F)F)c3)ccc12. The molecule has 1 amide bonds. The summed E-state index contributed by atoms with van der Waals surface area (Å²) in [7, 11) is 0. The molecule has 0 spiro atoms. The van der Waals surface area contributed by atoms with E-state index in [1.54, 1.807) is 28.9 Å². The van der Waals surface area contributed by atoms with Crippen molar-refractivity contribution in [3.8, 4) is 17.1 Å². The summed E-state index contributed by atoms with van der Waals surface area (Å²) in [6.07, 6.45) is -4.54. The Kier molecular flexibility index (Phi) is 5.68. The van der Waals surface area contributed by atoms with Crippen molar-refractivity contribution in [2.45, 2.75) is 13.1 Å². The van der Waals surface area contributed by atoms with Gasteiger partial charge in [0.25, 0.3) is 11.5 Å². The van der Waals surface area contributed by atoms with E-state index in [0.29, 0.717) is 39.1 Å². The lowest BCUT2D eigenvalue weighted by atomic mass is 10.1. The highest BCUT2D eigenvalue weighted by Crippen LogP contribution is 2.39. The maximum atomic E-state index is 13.1. The first-order chi connectivity index (χ1) is 19.1. The molecule has 0 aliphatic carbocycles. The van der Waals surface area contributed by atoms with Crippen molar-refractivity contribution in [2.75, 3.05) is 11.1 Å². The van der Waals surface area contributed by atoms with E-state index in [9.17, 15) is 22.8 Å².